The molecule has 0 radical (unpaired) electrons. The van der Waals surface area contributed by atoms with Crippen molar-refractivity contribution in [1.82, 2.24) is 4.57 Å². The third kappa shape index (κ3) is 2.60. The Morgan fingerprint density at radius 1 is 0.897 bits per heavy atom. The number of hydrogen-bond acceptors (Lipinski definition) is 3. The normalized spacial score (nSPS) is 12.6. The van der Waals surface area contributed by atoms with Crippen LogP contribution in [0.2, 0.25) is 0 Å². The highest BCUT2D eigenvalue weighted by atomic mass is 16.5. The van der Waals surface area contributed by atoms with Crippen molar-refractivity contribution in [1.29, 1.82) is 5.26 Å². The fourth-order valence-electron chi connectivity index (χ4n) is 3.87. The number of rotatable bonds is 3. The van der Waals surface area contributed by atoms with Crippen LogP contribution in [0.15, 0.2) is 78.9 Å². The van der Waals surface area contributed by atoms with E-state index in [0.29, 0.717) is 29.6 Å². The smallest absolute Gasteiger partial charge is 0.187 e. The number of ether oxygens (including phenoxy) is 2. The molecule has 1 aromatic heterocycles. The first-order chi connectivity index (χ1) is 14.3. The molecule has 4 heteroatoms. The number of nitriles is 1. The highest BCUT2D eigenvalue weighted by Gasteiger charge is 2.30. The van der Waals surface area contributed by atoms with Crippen LogP contribution < -0.4 is 4.74 Å². The Labute approximate surface area is 168 Å². The minimum absolute atomic E-state index is 0.479. The Morgan fingerprint density at radius 2 is 1.59 bits per heavy atom. The minimum Gasteiger partial charge on any atom is -0.488 e. The molecule has 0 saturated heterocycles. The molecule has 0 saturated carbocycles. The molecule has 3 aromatic carbocycles. The summed E-state index contributed by atoms with van der Waals surface area (Å²) >= 11 is 0. The summed E-state index contributed by atoms with van der Waals surface area (Å²) in [4.78, 5) is 0. The van der Waals surface area contributed by atoms with Crippen molar-refractivity contribution in [2.24, 2.45) is 0 Å². The zero-order chi connectivity index (χ0) is 19.8. The zero-order valence-electron chi connectivity index (χ0n) is 15.9. The van der Waals surface area contributed by atoms with E-state index in [-0.39, 0.29) is 0 Å². The summed E-state index contributed by atoms with van der Waals surface area (Å²) in [5, 5.41) is 11.9. The fourth-order valence-corrected chi connectivity index (χ4v) is 3.87. The van der Waals surface area contributed by atoms with Crippen molar-refractivity contribution in [2.45, 2.75) is 6.92 Å². The predicted molar refractivity (Wildman–Crippen MR) is 114 cm³/mol. The van der Waals surface area contributed by atoms with Gasteiger partial charge >= 0.3 is 0 Å². The van der Waals surface area contributed by atoms with E-state index in [0.717, 1.165) is 27.7 Å². The van der Waals surface area contributed by atoms with Crippen molar-refractivity contribution in [3.05, 3.63) is 95.8 Å². The molecule has 1 aliphatic heterocycles. The zero-order valence-corrected chi connectivity index (χ0v) is 15.9. The predicted octanol–water partition coefficient (Wildman–Crippen LogP) is 5.76. The molecule has 2 heterocycles. The Bertz CT molecular complexity index is 1290. The van der Waals surface area contributed by atoms with Gasteiger partial charge in [-0.25, -0.2) is 0 Å². The molecule has 0 unspecified atom stereocenters. The van der Waals surface area contributed by atoms with E-state index in [1.165, 1.54) is 0 Å². The van der Waals surface area contributed by atoms with Gasteiger partial charge in [-0.15, -0.1) is 0 Å². The lowest BCUT2D eigenvalue weighted by molar-refractivity contribution is 0.292. The van der Waals surface area contributed by atoms with Crippen LogP contribution in [0.5, 0.6) is 5.75 Å². The number of para-hydroxylation sites is 2. The summed E-state index contributed by atoms with van der Waals surface area (Å²) in [6.45, 7) is 2.43. The standard InChI is InChI=1S/C25H18N2O2/c1-2-28-25-23-19-13-7-6-12-18(19)21(16-26)27(23)20-14-8-9-15-22(20)29-24(25)17-10-4-3-5-11-17/h3-15H,2H2,1H3. The molecular weight excluding hydrogens is 360 g/mol. The Hall–Kier alpha value is -3.97. The summed E-state index contributed by atoms with van der Waals surface area (Å²) in [7, 11) is 0. The first kappa shape index (κ1) is 17.2. The maximum Gasteiger partial charge on any atom is 0.187 e. The van der Waals surface area contributed by atoms with Crippen LogP contribution in [0.1, 0.15) is 23.9 Å². The molecule has 140 valence electrons. The summed E-state index contributed by atoms with van der Waals surface area (Å²) in [5.74, 6) is 1.96. The molecule has 0 aliphatic carbocycles. The summed E-state index contributed by atoms with van der Waals surface area (Å²) in [5.41, 5.74) is 3.14. The molecule has 0 spiro atoms. The van der Waals surface area contributed by atoms with Gasteiger partial charge in [-0.3, -0.25) is 4.57 Å². The SMILES string of the molecule is CCOC1=C(c2ccccc2)Oc2ccccc2-n2c(C#N)c3ccccc3c21. The number of aromatic nitrogens is 1. The molecule has 4 nitrogen and oxygen atoms in total. The molecule has 0 amide bonds. The third-order valence-electron chi connectivity index (χ3n) is 5.05. The second kappa shape index (κ2) is 6.88. The van der Waals surface area contributed by atoms with Crippen LogP contribution in [0.4, 0.5) is 0 Å². The van der Waals surface area contributed by atoms with Crippen LogP contribution in [-0.4, -0.2) is 11.2 Å². The molecule has 4 aromatic rings. The summed E-state index contributed by atoms with van der Waals surface area (Å²) < 4.78 is 14.6. The number of nitrogens with zero attached hydrogens (tertiary/aromatic N) is 2. The average molecular weight is 378 g/mol. The molecule has 0 bridgehead atoms. The van der Waals surface area contributed by atoms with Crippen molar-refractivity contribution in [3.8, 4) is 17.5 Å². The van der Waals surface area contributed by atoms with Crippen LogP contribution in [0, 0.1) is 11.3 Å². The van der Waals surface area contributed by atoms with Gasteiger partial charge in [0.1, 0.15) is 17.5 Å². The van der Waals surface area contributed by atoms with Gasteiger partial charge in [-0.2, -0.15) is 5.26 Å². The van der Waals surface area contributed by atoms with E-state index in [1.807, 2.05) is 90.4 Å². The lowest BCUT2D eigenvalue weighted by Gasteiger charge is -2.14. The molecule has 1 aliphatic rings. The number of hydrogen-bond donors (Lipinski definition) is 0. The van der Waals surface area contributed by atoms with Crippen molar-refractivity contribution in [2.75, 3.05) is 6.61 Å². The third-order valence-corrected chi connectivity index (χ3v) is 5.05. The van der Waals surface area contributed by atoms with E-state index in [4.69, 9.17) is 9.47 Å². The fraction of sp³-hybridized carbons (Fsp3) is 0.0800. The molecule has 0 fully saturated rings. The largest absolute Gasteiger partial charge is 0.488 e. The number of benzene rings is 3. The molecule has 0 atom stereocenters. The van der Waals surface area contributed by atoms with E-state index in [9.17, 15) is 5.26 Å². The van der Waals surface area contributed by atoms with Gasteiger partial charge in [0.15, 0.2) is 17.3 Å². The second-order valence-electron chi connectivity index (χ2n) is 6.72. The molecular formula is C25H18N2O2. The van der Waals surface area contributed by atoms with Gasteiger partial charge in [0.25, 0.3) is 0 Å². The topological polar surface area (TPSA) is 47.2 Å². The second-order valence-corrected chi connectivity index (χ2v) is 6.72. The van der Waals surface area contributed by atoms with Crippen molar-refractivity contribution in [3.63, 3.8) is 0 Å². The minimum atomic E-state index is 0.479. The summed E-state index contributed by atoms with van der Waals surface area (Å²) in [6, 6.07) is 28.0. The lowest BCUT2D eigenvalue weighted by atomic mass is 10.1. The average Bonchev–Trinajstić information content (AvgIpc) is 3.03. The quantitative estimate of drug-likeness (QED) is 0.455. The van der Waals surface area contributed by atoms with Crippen LogP contribution in [0.25, 0.3) is 28.0 Å². The van der Waals surface area contributed by atoms with E-state index in [2.05, 4.69) is 6.07 Å². The Kier molecular flexibility index (Phi) is 4.07. The van der Waals surface area contributed by atoms with Gasteiger partial charge in [0.05, 0.1) is 12.3 Å². The maximum atomic E-state index is 10.0. The monoisotopic (exact) mass is 378 g/mol. The van der Waals surface area contributed by atoms with E-state index >= 15 is 0 Å². The Morgan fingerprint density at radius 3 is 2.34 bits per heavy atom. The maximum absolute atomic E-state index is 10.0. The highest BCUT2D eigenvalue weighted by molar-refractivity contribution is 6.02. The van der Waals surface area contributed by atoms with Crippen LogP contribution in [0.3, 0.4) is 0 Å². The van der Waals surface area contributed by atoms with E-state index in [1.54, 1.807) is 0 Å². The van der Waals surface area contributed by atoms with Gasteiger partial charge in [-0.05, 0) is 19.1 Å². The molecule has 0 N–H and O–H groups in total. The van der Waals surface area contributed by atoms with Crippen molar-refractivity contribution < 1.29 is 9.47 Å². The van der Waals surface area contributed by atoms with E-state index < -0.39 is 0 Å². The number of fused-ring (bicyclic) bond motifs is 5. The highest BCUT2D eigenvalue weighted by Crippen LogP contribution is 2.43. The van der Waals surface area contributed by atoms with Gasteiger partial charge in [0.2, 0.25) is 0 Å². The first-order valence-corrected chi connectivity index (χ1v) is 9.57. The Balaban J connectivity index is 1.98. The molecule has 5 rings (SSSR count). The van der Waals surface area contributed by atoms with Crippen LogP contribution >= 0.6 is 0 Å². The van der Waals surface area contributed by atoms with Gasteiger partial charge < -0.3 is 9.47 Å². The van der Waals surface area contributed by atoms with Gasteiger partial charge in [-0.1, -0.05) is 66.7 Å². The lowest BCUT2D eigenvalue weighted by Crippen LogP contribution is -2.04. The van der Waals surface area contributed by atoms with Gasteiger partial charge in [0, 0.05) is 16.3 Å². The van der Waals surface area contributed by atoms with Crippen LogP contribution in [-0.2, 0) is 4.74 Å². The first-order valence-electron chi connectivity index (χ1n) is 9.57. The van der Waals surface area contributed by atoms with Crippen molar-refractivity contribution >= 4 is 22.3 Å². The summed E-state index contributed by atoms with van der Waals surface area (Å²) in [6.07, 6.45) is 0. The molecule has 29 heavy (non-hydrogen) atoms.